The van der Waals surface area contributed by atoms with E-state index in [4.69, 9.17) is 5.11 Å². The van der Waals surface area contributed by atoms with Crippen molar-refractivity contribution in [2.75, 3.05) is 6.54 Å². The minimum Gasteiger partial charge on any atom is -0.480 e. The van der Waals surface area contributed by atoms with Gasteiger partial charge in [0, 0.05) is 10.9 Å². The van der Waals surface area contributed by atoms with Crippen LogP contribution in [-0.2, 0) is 14.4 Å². The number of aliphatic carboxylic acids is 1. The molecule has 138 valence electrons. The maximum atomic E-state index is 12.2. The Labute approximate surface area is 153 Å². The van der Waals surface area contributed by atoms with Gasteiger partial charge in [0.1, 0.15) is 11.8 Å². The minimum absolute atomic E-state index is 0.138. The van der Waals surface area contributed by atoms with Crippen molar-refractivity contribution in [1.29, 1.82) is 0 Å². The second-order valence-corrected chi connectivity index (χ2v) is 7.27. The van der Waals surface area contributed by atoms with Gasteiger partial charge in [-0.05, 0) is 25.8 Å². The highest BCUT2D eigenvalue weighted by Gasteiger charge is 2.21. The van der Waals surface area contributed by atoms with Gasteiger partial charge in [-0.25, -0.2) is 0 Å². The summed E-state index contributed by atoms with van der Waals surface area (Å²) in [5.74, 6) is -1.21. The van der Waals surface area contributed by atoms with Gasteiger partial charge in [-0.3, -0.25) is 14.4 Å². The van der Waals surface area contributed by atoms with E-state index in [1.807, 2.05) is 0 Å². The van der Waals surface area contributed by atoms with Crippen molar-refractivity contribution >= 4 is 30.0 Å². The van der Waals surface area contributed by atoms with Crippen molar-refractivity contribution in [3.63, 3.8) is 0 Å². The van der Waals surface area contributed by atoms with E-state index in [1.54, 1.807) is 0 Å². The van der Waals surface area contributed by atoms with E-state index in [-0.39, 0.29) is 18.5 Å². The van der Waals surface area contributed by atoms with Gasteiger partial charge in [-0.2, -0.15) is 0 Å². The lowest BCUT2D eigenvalue weighted by molar-refractivity contribution is -0.136. The lowest BCUT2D eigenvalue weighted by Crippen LogP contribution is -2.42. The Kier molecular flexibility index (Phi) is 9.05. The predicted molar refractivity (Wildman–Crippen MR) is 99.9 cm³/mol. The molecular formula is C18H26N2O4S. The number of hydrogen-bond acceptors (Lipinski definition) is 4. The molecule has 1 aliphatic carbocycles. The second kappa shape index (κ2) is 10.8. The first-order valence-corrected chi connectivity index (χ1v) is 9.20. The minimum atomic E-state index is -0.972. The monoisotopic (exact) mass is 366 g/mol. The van der Waals surface area contributed by atoms with Crippen LogP contribution in [0.4, 0.5) is 0 Å². The number of carbonyl (C=O) groups excluding carboxylic acids is 2. The number of nitrogens with one attached hydrogen (secondary N) is 1. The Morgan fingerprint density at radius 1 is 1.28 bits per heavy atom. The molecule has 0 bridgehead atoms. The van der Waals surface area contributed by atoms with E-state index >= 15 is 0 Å². The van der Waals surface area contributed by atoms with E-state index in [1.165, 1.54) is 30.4 Å². The molecule has 0 radical (unpaired) electrons. The average molecular weight is 366 g/mol. The molecule has 1 atom stereocenters. The van der Waals surface area contributed by atoms with E-state index in [9.17, 15) is 14.4 Å². The molecule has 1 saturated carbocycles. The van der Waals surface area contributed by atoms with Gasteiger partial charge in [-0.15, -0.1) is 11.8 Å². The van der Waals surface area contributed by atoms with Gasteiger partial charge < -0.3 is 15.3 Å². The summed E-state index contributed by atoms with van der Waals surface area (Å²) in [4.78, 5) is 36.5. The summed E-state index contributed by atoms with van der Waals surface area (Å²) in [6.45, 7) is 8.75. The predicted octanol–water partition coefficient (Wildman–Crippen LogP) is 2.68. The lowest BCUT2D eigenvalue weighted by atomic mass is 9.95. The van der Waals surface area contributed by atoms with Gasteiger partial charge in [-0.1, -0.05) is 38.5 Å². The maximum Gasteiger partial charge on any atom is 0.316 e. The molecule has 0 spiro atoms. The zero-order valence-electron chi connectivity index (χ0n) is 14.6. The molecule has 6 nitrogen and oxygen atoms in total. The molecule has 2 amide bonds. The van der Waals surface area contributed by atoms with Crippen LogP contribution in [0.3, 0.4) is 0 Å². The highest BCUT2D eigenvalue weighted by Crippen LogP contribution is 2.28. The summed E-state index contributed by atoms with van der Waals surface area (Å²) in [5, 5.41) is 11.3. The van der Waals surface area contributed by atoms with Crippen LogP contribution in [0.25, 0.3) is 0 Å². The Morgan fingerprint density at radius 3 is 2.40 bits per heavy atom. The molecule has 25 heavy (non-hydrogen) atoms. The van der Waals surface area contributed by atoms with Gasteiger partial charge in [0.25, 0.3) is 0 Å². The van der Waals surface area contributed by atoms with Crippen LogP contribution >= 0.6 is 11.8 Å². The zero-order valence-corrected chi connectivity index (χ0v) is 15.4. The molecule has 1 rings (SSSR count). The molecule has 1 fully saturated rings. The third kappa shape index (κ3) is 6.78. The number of hydrogen-bond donors (Lipinski definition) is 2. The van der Waals surface area contributed by atoms with Gasteiger partial charge in [0.05, 0.1) is 5.70 Å². The van der Waals surface area contributed by atoms with Crippen molar-refractivity contribution in [2.45, 2.75) is 50.3 Å². The number of nitrogens with zero attached hydrogens (tertiary/aromatic N) is 1. The second-order valence-electron chi connectivity index (χ2n) is 5.89. The molecule has 0 aromatic carbocycles. The van der Waals surface area contributed by atoms with Crippen LogP contribution in [0.2, 0.25) is 0 Å². The molecule has 0 aromatic rings. The number of rotatable bonds is 10. The van der Waals surface area contributed by atoms with Crippen molar-refractivity contribution < 1.29 is 19.5 Å². The van der Waals surface area contributed by atoms with E-state index in [0.29, 0.717) is 17.0 Å². The van der Waals surface area contributed by atoms with E-state index < -0.39 is 11.2 Å². The number of amides is 2. The summed E-state index contributed by atoms with van der Waals surface area (Å²) >= 11 is 1.05. The molecule has 0 heterocycles. The van der Waals surface area contributed by atoms with Crippen LogP contribution in [-0.4, -0.2) is 46.1 Å². The lowest BCUT2D eigenvalue weighted by Gasteiger charge is -2.25. The Hall–Kier alpha value is -2.02. The Balaban J connectivity index is 2.84. The fraction of sp³-hybridized carbons (Fsp3) is 0.500. The molecule has 1 aliphatic rings. The first-order valence-electron chi connectivity index (χ1n) is 8.32. The number of thioether (sulfide) groups is 1. The van der Waals surface area contributed by atoms with Crippen LogP contribution in [0, 0.1) is 0 Å². The van der Waals surface area contributed by atoms with Crippen LogP contribution in [0.5, 0.6) is 0 Å². The van der Waals surface area contributed by atoms with Gasteiger partial charge >= 0.3 is 5.97 Å². The quantitative estimate of drug-likeness (QED) is 0.458. The Morgan fingerprint density at radius 2 is 1.92 bits per heavy atom. The summed E-state index contributed by atoms with van der Waals surface area (Å²) in [6, 6.07) is 0.159. The molecule has 0 saturated heterocycles. The zero-order chi connectivity index (χ0) is 18.8. The summed E-state index contributed by atoms with van der Waals surface area (Å²) in [6.07, 6.45) is 8.76. The first kappa shape index (κ1) is 21.0. The third-order valence-electron chi connectivity index (χ3n) is 4.00. The Bertz CT molecular complexity index is 553. The number of carboxylic acids is 1. The van der Waals surface area contributed by atoms with E-state index in [0.717, 1.165) is 37.4 Å². The average Bonchev–Trinajstić information content (AvgIpc) is 2.60. The van der Waals surface area contributed by atoms with Crippen molar-refractivity contribution in [3.8, 4) is 0 Å². The SMILES string of the molecule is C=C/C(SC(C)C(=O)O)=C(\C=C)N(C=O)CC(=O)NC1CCCCC1. The van der Waals surface area contributed by atoms with Gasteiger partial charge in [0.15, 0.2) is 0 Å². The summed E-state index contributed by atoms with van der Waals surface area (Å²) in [5.41, 5.74) is 0.377. The number of carboxylic acid groups (broad SMARTS) is 1. The highest BCUT2D eigenvalue weighted by molar-refractivity contribution is 8.04. The highest BCUT2D eigenvalue weighted by atomic mass is 32.2. The summed E-state index contributed by atoms with van der Waals surface area (Å²) in [7, 11) is 0. The van der Waals surface area contributed by atoms with Gasteiger partial charge in [0.2, 0.25) is 12.3 Å². The van der Waals surface area contributed by atoms with Crippen molar-refractivity contribution in [3.05, 3.63) is 35.9 Å². The summed E-state index contributed by atoms with van der Waals surface area (Å²) < 4.78 is 0. The van der Waals surface area contributed by atoms with Crippen LogP contribution in [0.15, 0.2) is 35.9 Å². The normalized spacial score (nSPS) is 17.0. The standard InChI is InChI=1S/C18H26N2O4S/c1-4-15(16(5-2)25-13(3)18(23)24)20(12-21)11-17(22)19-14-9-7-6-8-10-14/h4-5,12-14H,1-2,6-11H2,3H3,(H,19,22)(H,23,24)/b16-15-. The van der Waals surface area contributed by atoms with Crippen molar-refractivity contribution in [1.82, 2.24) is 10.2 Å². The number of allylic oxidation sites excluding steroid dienone is 2. The molecule has 0 aliphatic heterocycles. The first-order chi connectivity index (χ1) is 11.9. The van der Waals surface area contributed by atoms with Crippen LogP contribution in [0.1, 0.15) is 39.0 Å². The molecule has 2 N–H and O–H groups in total. The number of carbonyl (C=O) groups is 3. The fourth-order valence-electron chi connectivity index (χ4n) is 2.67. The topological polar surface area (TPSA) is 86.7 Å². The largest absolute Gasteiger partial charge is 0.480 e. The third-order valence-corrected chi connectivity index (χ3v) is 5.19. The van der Waals surface area contributed by atoms with Crippen molar-refractivity contribution in [2.24, 2.45) is 0 Å². The molecule has 7 heteroatoms. The fourth-order valence-corrected chi connectivity index (χ4v) is 3.57. The molecule has 1 unspecified atom stereocenters. The molecular weight excluding hydrogens is 340 g/mol. The van der Waals surface area contributed by atoms with E-state index in [2.05, 4.69) is 18.5 Å². The molecule has 0 aromatic heterocycles. The maximum absolute atomic E-state index is 12.2. The smallest absolute Gasteiger partial charge is 0.316 e. The van der Waals surface area contributed by atoms with Crippen LogP contribution < -0.4 is 5.32 Å².